The van der Waals surface area contributed by atoms with E-state index >= 15 is 0 Å². The van der Waals surface area contributed by atoms with Gasteiger partial charge in [-0.2, -0.15) is 0 Å². The predicted octanol–water partition coefficient (Wildman–Crippen LogP) is 3.75. The smallest absolute Gasteiger partial charge is 0.122 e. The molecule has 3 N–H and O–H groups in total. The minimum absolute atomic E-state index is 0.188. The summed E-state index contributed by atoms with van der Waals surface area (Å²) in [5, 5.41) is 1.19. The summed E-state index contributed by atoms with van der Waals surface area (Å²) in [6, 6.07) is 13.0. The highest BCUT2D eigenvalue weighted by Crippen LogP contribution is 2.33. The molecule has 2 aromatic rings. The van der Waals surface area contributed by atoms with Crippen molar-refractivity contribution in [3.8, 4) is 5.75 Å². The lowest BCUT2D eigenvalue weighted by molar-refractivity contribution is 0.405. The van der Waals surface area contributed by atoms with E-state index in [4.69, 9.17) is 33.8 Å². The van der Waals surface area contributed by atoms with E-state index in [0.29, 0.717) is 16.5 Å². The van der Waals surface area contributed by atoms with Gasteiger partial charge in [-0.1, -0.05) is 47.5 Å². The Bertz CT molecular complexity index is 570. The van der Waals surface area contributed by atoms with Crippen molar-refractivity contribution in [1.82, 2.24) is 5.43 Å². The van der Waals surface area contributed by atoms with Crippen LogP contribution < -0.4 is 16.0 Å². The standard InChI is InChI=1S/C15H16Cl2N2O/c1-20-14-8-3-2-5-10(14)9-13(19-18)15-11(16)6-4-7-12(15)17/h2-8,13,19H,9,18H2,1H3. The summed E-state index contributed by atoms with van der Waals surface area (Å²) < 4.78 is 5.35. The Kier molecular flexibility index (Phi) is 5.26. The zero-order valence-corrected chi connectivity index (χ0v) is 12.6. The van der Waals surface area contributed by atoms with Gasteiger partial charge in [0.05, 0.1) is 13.2 Å². The van der Waals surface area contributed by atoms with Gasteiger partial charge in [-0.05, 0) is 30.2 Å². The molecule has 0 aliphatic heterocycles. The summed E-state index contributed by atoms with van der Waals surface area (Å²) in [6.07, 6.45) is 0.629. The summed E-state index contributed by atoms with van der Waals surface area (Å²) in [7, 11) is 1.65. The van der Waals surface area contributed by atoms with Gasteiger partial charge in [0.15, 0.2) is 0 Å². The molecule has 0 fully saturated rings. The minimum atomic E-state index is -0.188. The fraction of sp³-hybridized carbons (Fsp3) is 0.200. The Morgan fingerprint density at radius 3 is 2.35 bits per heavy atom. The van der Waals surface area contributed by atoms with Gasteiger partial charge in [0.1, 0.15) is 5.75 Å². The predicted molar refractivity (Wildman–Crippen MR) is 83.2 cm³/mol. The van der Waals surface area contributed by atoms with Gasteiger partial charge in [0.25, 0.3) is 0 Å². The average Bonchev–Trinajstić information content (AvgIpc) is 2.46. The Morgan fingerprint density at radius 2 is 1.75 bits per heavy atom. The fourth-order valence-electron chi connectivity index (χ4n) is 2.18. The molecule has 0 heterocycles. The van der Waals surface area contributed by atoms with Crippen LogP contribution in [0.1, 0.15) is 17.2 Å². The number of nitrogens with one attached hydrogen (secondary N) is 1. The van der Waals surface area contributed by atoms with Crippen molar-refractivity contribution in [3.05, 3.63) is 63.6 Å². The highest BCUT2D eigenvalue weighted by Gasteiger charge is 2.18. The van der Waals surface area contributed by atoms with Crippen LogP contribution in [0.2, 0.25) is 10.0 Å². The van der Waals surface area contributed by atoms with Gasteiger partial charge in [-0.3, -0.25) is 11.3 Å². The molecule has 20 heavy (non-hydrogen) atoms. The maximum Gasteiger partial charge on any atom is 0.122 e. The van der Waals surface area contributed by atoms with Crippen LogP contribution in [-0.4, -0.2) is 7.11 Å². The number of hydrazine groups is 1. The number of benzene rings is 2. The van der Waals surface area contributed by atoms with E-state index in [2.05, 4.69) is 5.43 Å². The number of rotatable bonds is 5. The summed E-state index contributed by atoms with van der Waals surface area (Å²) in [4.78, 5) is 0. The molecule has 1 unspecified atom stereocenters. The lowest BCUT2D eigenvalue weighted by Gasteiger charge is -2.20. The topological polar surface area (TPSA) is 47.3 Å². The molecule has 3 nitrogen and oxygen atoms in total. The number of halogens is 2. The summed E-state index contributed by atoms with van der Waals surface area (Å²) in [5.41, 5.74) is 4.61. The monoisotopic (exact) mass is 310 g/mol. The van der Waals surface area contributed by atoms with Crippen molar-refractivity contribution in [2.24, 2.45) is 5.84 Å². The lowest BCUT2D eigenvalue weighted by atomic mass is 9.98. The Hall–Kier alpha value is -1.26. The second kappa shape index (κ2) is 6.95. The highest BCUT2D eigenvalue weighted by molar-refractivity contribution is 6.36. The molecule has 0 saturated carbocycles. The first-order valence-electron chi connectivity index (χ1n) is 6.19. The van der Waals surface area contributed by atoms with Gasteiger partial charge in [-0.15, -0.1) is 0 Å². The molecule has 1 atom stereocenters. The quantitative estimate of drug-likeness (QED) is 0.653. The zero-order chi connectivity index (χ0) is 14.5. The van der Waals surface area contributed by atoms with E-state index in [-0.39, 0.29) is 6.04 Å². The Morgan fingerprint density at radius 1 is 1.10 bits per heavy atom. The van der Waals surface area contributed by atoms with E-state index in [9.17, 15) is 0 Å². The van der Waals surface area contributed by atoms with Crippen LogP contribution in [0.5, 0.6) is 5.75 Å². The maximum atomic E-state index is 6.23. The largest absolute Gasteiger partial charge is 0.496 e. The van der Waals surface area contributed by atoms with Crippen molar-refractivity contribution < 1.29 is 4.74 Å². The number of hydrogen-bond donors (Lipinski definition) is 2. The number of methoxy groups -OCH3 is 1. The molecule has 0 bridgehead atoms. The minimum Gasteiger partial charge on any atom is -0.496 e. The van der Waals surface area contributed by atoms with Crippen LogP contribution in [0, 0.1) is 0 Å². The highest BCUT2D eigenvalue weighted by atomic mass is 35.5. The van der Waals surface area contributed by atoms with Crippen molar-refractivity contribution in [1.29, 1.82) is 0 Å². The van der Waals surface area contributed by atoms with E-state index in [0.717, 1.165) is 16.9 Å². The van der Waals surface area contributed by atoms with Gasteiger partial charge >= 0.3 is 0 Å². The van der Waals surface area contributed by atoms with Crippen LogP contribution in [0.25, 0.3) is 0 Å². The van der Waals surface area contributed by atoms with Crippen LogP contribution in [-0.2, 0) is 6.42 Å². The molecule has 0 radical (unpaired) electrons. The summed E-state index contributed by atoms with van der Waals surface area (Å²) in [6.45, 7) is 0. The third-order valence-corrected chi connectivity index (χ3v) is 3.83. The second-order valence-corrected chi connectivity index (χ2v) is 5.18. The normalized spacial score (nSPS) is 12.2. The molecule has 2 rings (SSSR count). The molecule has 0 amide bonds. The molecule has 0 spiro atoms. The SMILES string of the molecule is COc1ccccc1CC(NN)c1c(Cl)cccc1Cl. The van der Waals surface area contributed by atoms with Gasteiger partial charge in [-0.25, -0.2) is 0 Å². The molecular weight excluding hydrogens is 295 g/mol. The molecule has 0 aromatic heterocycles. The molecule has 106 valence electrons. The van der Waals surface area contributed by atoms with Crippen molar-refractivity contribution in [2.45, 2.75) is 12.5 Å². The summed E-state index contributed by atoms with van der Waals surface area (Å²) >= 11 is 12.5. The zero-order valence-electron chi connectivity index (χ0n) is 11.1. The molecule has 2 aromatic carbocycles. The van der Waals surface area contributed by atoms with Crippen LogP contribution in [0.3, 0.4) is 0 Å². The van der Waals surface area contributed by atoms with Crippen LogP contribution in [0.4, 0.5) is 0 Å². The molecule has 0 aliphatic rings. The first-order chi connectivity index (χ1) is 9.67. The average molecular weight is 311 g/mol. The Balaban J connectivity index is 2.34. The Labute approximate surface area is 128 Å². The van der Waals surface area contributed by atoms with Crippen LogP contribution in [0.15, 0.2) is 42.5 Å². The third kappa shape index (κ3) is 3.25. The lowest BCUT2D eigenvalue weighted by Crippen LogP contribution is -2.30. The first kappa shape index (κ1) is 15.1. The van der Waals surface area contributed by atoms with E-state index in [1.165, 1.54) is 0 Å². The number of ether oxygens (including phenoxy) is 1. The van der Waals surface area contributed by atoms with E-state index in [1.54, 1.807) is 19.2 Å². The summed E-state index contributed by atoms with van der Waals surface area (Å²) in [5.74, 6) is 6.49. The van der Waals surface area contributed by atoms with Gasteiger partial charge in [0.2, 0.25) is 0 Å². The first-order valence-corrected chi connectivity index (χ1v) is 6.95. The molecule has 0 saturated heterocycles. The fourth-order valence-corrected chi connectivity index (χ4v) is 2.84. The van der Waals surface area contributed by atoms with E-state index in [1.807, 2.05) is 30.3 Å². The van der Waals surface area contributed by atoms with Gasteiger partial charge < -0.3 is 4.74 Å². The van der Waals surface area contributed by atoms with E-state index < -0.39 is 0 Å². The van der Waals surface area contributed by atoms with Gasteiger partial charge in [0, 0.05) is 15.6 Å². The third-order valence-electron chi connectivity index (χ3n) is 3.17. The maximum absolute atomic E-state index is 6.23. The number of hydrogen-bond acceptors (Lipinski definition) is 3. The molecule has 5 heteroatoms. The second-order valence-electron chi connectivity index (χ2n) is 4.37. The van der Waals surface area contributed by atoms with Crippen LogP contribution >= 0.6 is 23.2 Å². The molecule has 0 aliphatic carbocycles. The molecular formula is C15H16Cl2N2O. The number of nitrogens with two attached hydrogens (primary N) is 1. The van der Waals surface area contributed by atoms with Crippen molar-refractivity contribution >= 4 is 23.2 Å². The van der Waals surface area contributed by atoms with Crippen molar-refractivity contribution in [3.63, 3.8) is 0 Å². The number of para-hydroxylation sites is 1. The van der Waals surface area contributed by atoms with Crippen molar-refractivity contribution in [2.75, 3.05) is 7.11 Å².